The Kier molecular flexibility index (Phi) is 8.89. The van der Waals surface area contributed by atoms with Crippen molar-refractivity contribution in [1.29, 1.82) is 0 Å². The molecule has 0 aliphatic carbocycles. The molecule has 308 valence electrons. The minimum absolute atomic E-state index is 1.09. The van der Waals surface area contributed by atoms with Crippen LogP contribution in [0.25, 0.3) is 104 Å². The third-order valence-corrected chi connectivity index (χ3v) is 13.6. The summed E-state index contributed by atoms with van der Waals surface area (Å²) in [5.74, 6) is 0. The number of para-hydroxylation sites is 2. The molecule has 0 saturated heterocycles. The lowest BCUT2D eigenvalue weighted by Crippen LogP contribution is -2.09. The molecule has 0 bridgehead atoms. The molecule has 0 saturated carbocycles. The molecule has 0 aliphatic rings. The molecule has 13 rings (SSSR count). The molecule has 2 heteroatoms. The van der Waals surface area contributed by atoms with E-state index in [1.807, 2.05) is 0 Å². The smallest absolute Gasteiger partial charge is 0.0619 e. The van der Waals surface area contributed by atoms with Crippen LogP contribution < -0.4 is 4.90 Å². The Hall–Kier alpha value is -8.72. The molecule has 2 nitrogen and oxygen atoms in total. The monoisotopic (exact) mass is 838 g/mol. The van der Waals surface area contributed by atoms with Crippen LogP contribution in [0.15, 0.2) is 255 Å². The summed E-state index contributed by atoms with van der Waals surface area (Å²) in [5.41, 5.74) is 14.0. The van der Waals surface area contributed by atoms with E-state index in [2.05, 4.69) is 264 Å². The van der Waals surface area contributed by atoms with Crippen LogP contribution in [0.3, 0.4) is 0 Å². The normalized spacial score (nSPS) is 11.6. The SMILES string of the molecule is c1ccc(-c2ccc(N(c3ccc(-c4ccc5c6ccccc6c6ccccc6c5c4)cc3)c3ccc(-c4ccccc4-n4c5ccccc5c5ccc6ccccc6c54)cc3)cc2)cc1. The number of nitrogens with zero attached hydrogens (tertiary/aromatic N) is 2. The van der Waals surface area contributed by atoms with Crippen molar-refractivity contribution < 1.29 is 0 Å². The summed E-state index contributed by atoms with van der Waals surface area (Å²) in [6.07, 6.45) is 0. The van der Waals surface area contributed by atoms with Gasteiger partial charge in [-0.3, -0.25) is 0 Å². The highest BCUT2D eigenvalue weighted by Crippen LogP contribution is 2.43. The van der Waals surface area contributed by atoms with E-state index in [1.165, 1.54) is 92.7 Å². The number of benzene rings is 12. The summed E-state index contributed by atoms with van der Waals surface area (Å²) >= 11 is 0. The van der Waals surface area contributed by atoms with Crippen LogP contribution in [0.2, 0.25) is 0 Å². The molecule has 13 aromatic rings. The zero-order valence-corrected chi connectivity index (χ0v) is 36.1. The van der Waals surface area contributed by atoms with Crippen molar-refractivity contribution in [1.82, 2.24) is 4.57 Å². The Morgan fingerprint density at radius 2 is 0.697 bits per heavy atom. The molecule has 12 aromatic carbocycles. The first-order chi connectivity index (χ1) is 32.7. The van der Waals surface area contributed by atoms with Gasteiger partial charge in [0.15, 0.2) is 0 Å². The van der Waals surface area contributed by atoms with Gasteiger partial charge in [0, 0.05) is 38.8 Å². The van der Waals surface area contributed by atoms with E-state index in [0.29, 0.717) is 0 Å². The van der Waals surface area contributed by atoms with Crippen molar-refractivity contribution in [3.05, 3.63) is 255 Å². The van der Waals surface area contributed by atoms with Crippen LogP contribution in [-0.2, 0) is 0 Å². The van der Waals surface area contributed by atoms with Crippen molar-refractivity contribution in [2.24, 2.45) is 0 Å². The van der Waals surface area contributed by atoms with Crippen LogP contribution >= 0.6 is 0 Å². The predicted molar refractivity (Wildman–Crippen MR) is 282 cm³/mol. The molecule has 0 fully saturated rings. The maximum Gasteiger partial charge on any atom is 0.0619 e. The van der Waals surface area contributed by atoms with Crippen LogP contribution in [0, 0.1) is 0 Å². The van der Waals surface area contributed by atoms with Gasteiger partial charge in [-0.2, -0.15) is 0 Å². The average Bonchev–Trinajstić information content (AvgIpc) is 3.74. The van der Waals surface area contributed by atoms with Gasteiger partial charge in [0.1, 0.15) is 0 Å². The third-order valence-electron chi connectivity index (χ3n) is 13.6. The van der Waals surface area contributed by atoms with Gasteiger partial charge in [0.2, 0.25) is 0 Å². The first-order valence-electron chi connectivity index (χ1n) is 22.8. The van der Waals surface area contributed by atoms with Crippen LogP contribution in [-0.4, -0.2) is 4.57 Å². The first-order valence-corrected chi connectivity index (χ1v) is 22.8. The number of hydrogen-bond acceptors (Lipinski definition) is 1. The molecule has 0 radical (unpaired) electrons. The highest BCUT2D eigenvalue weighted by Gasteiger charge is 2.19. The molecular formula is C64H42N2. The van der Waals surface area contributed by atoms with Gasteiger partial charge < -0.3 is 9.47 Å². The summed E-state index contributed by atoms with van der Waals surface area (Å²) in [6, 6.07) is 93.1. The van der Waals surface area contributed by atoms with Gasteiger partial charge >= 0.3 is 0 Å². The summed E-state index contributed by atoms with van der Waals surface area (Å²) < 4.78 is 2.47. The van der Waals surface area contributed by atoms with Crippen molar-refractivity contribution in [3.63, 3.8) is 0 Å². The van der Waals surface area contributed by atoms with Gasteiger partial charge in [-0.1, -0.05) is 200 Å². The number of hydrogen-bond donors (Lipinski definition) is 0. The third kappa shape index (κ3) is 6.18. The predicted octanol–water partition coefficient (Wildman–Crippen LogP) is 17.9. The molecule has 0 N–H and O–H groups in total. The standard InChI is InChI=1S/C64H42N2/c1-2-14-43(15-3-1)44-26-34-49(35-27-44)65(50-36-28-45(29-37-50)48-33-40-58-56-21-7-6-19-54(56)55-20-8-9-22-57(55)61(58)42-48)51-38-30-47(31-39-51)52-17-10-12-24-62(52)66-63-25-13-11-23-59(63)60-41-32-46-16-4-5-18-53(46)64(60)66/h1-42H. The molecule has 0 atom stereocenters. The lowest BCUT2D eigenvalue weighted by Gasteiger charge is -2.26. The largest absolute Gasteiger partial charge is 0.311 e. The Balaban J connectivity index is 0.914. The van der Waals surface area contributed by atoms with E-state index in [-0.39, 0.29) is 0 Å². The van der Waals surface area contributed by atoms with Crippen LogP contribution in [0.1, 0.15) is 0 Å². The second kappa shape index (κ2) is 15.5. The summed E-state index contributed by atoms with van der Waals surface area (Å²) in [7, 11) is 0. The summed E-state index contributed by atoms with van der Waals surface area (Å²) in [6.45, 7) is 0. The van der Waals surface area contributed by atoms with Gasteiger partial charge in [0.05, 0.1) is 16.7 Å². The zero-order valence-electron chi connectivity index (χ0n) is 36.1. The fourth-order valence-electron chi connectivity index (χ4n) is 10.5. The molecule has 66 heavy (non-hydrogen) atoms. The Morgan fingerprint density at radius 1 is 0.258 bits per heavy atom. The first kappa shape index (κ1) is 37.8. The van der Waals surface area contributed by atoms with Crippen molar-refractivity contribution in [2.75, 3.05) is 4.90 Å². The zero-order chi connectivity index (χ0) is 43.6. The highest BCUT2D eigenvalue weighted by molar-refractivity contribution is 6.26. The van der Waals surface area contributed by atoms with Gasteiger partial charge in [-0.05, 0) is 120 Å². The number of aromatic nitrogens is 1. The van der Waals surface area contributed by atoms with Crippen LogP contribution in [0.4, 0.5) is 17.1 Å². The molecule has 0 unspecified atom stereocenters. The highest BCUT2D eigenvalue weighted by atomic mass is 15.1. The van der Waals surface area contributed by atoms with Crippen LogP contribution in [0.5, 0.6) is 0 Å². The fraction of sp³-hybridized carbons (Fsp3) is 0. The van der Waals surface area contributed by atoms with E-state index in [1.54, 1.807) is 0 Å². The number of fused-ring (bicyclic) bond motifs is 11. The molecule has 1 aromatic heterocycles. The number of anilines is 3. The minimum Gasteiger partial charge on any atom is -0.311 e. The van der Waals surface area contributed by atoms with Gasteiger partial charge in [0.25, 0.3) is 0 Å². The molecule has 0 amide bonds. The summed E-state index contributed by atoms with van der Waals surface area (Å²) in [4.78, 5) is 2.37. The van der Waals surface area contributed by atoms with Crippen molar-refractivity contribution in [3.8, 4) is 39.1 Å². The van der Waals surface area contributed by atoms with E-state index >= 15 is 0 Å². The molecule has 0 aliphatic heterocycles. The molecular weight excluding hydrogens is 797 g/mol. The maximum absolute atomic E-state index is 2.47. The fourth-order valence-corrected chi connectivity index (χ4v) is 10.5. The average molecular weight is 839 g/mol. The lowest BCUT2D eigenvalue weighted by molar-refractivity contribution is 1.19. The molecule has 0 spiro atoms. The van der Waals surface area contributed by atoms with Crippen molar-refractivity contribution in [2.45, 2.75) is 0 Å². The van der Waals surface area contributed by atoms with Gasteiger partial charge in [-0.15, -0.1) is 0 Å². The minimum atomic E-state index is 1.09. The lowest BCUT2D eigenvalue weighted by atomic mass is 9.92. The Labute approximate surface area is 383 Å². The van der Waals surface area contributed by atoms with E-state index < -0.39 is 0 Å². The summed E-state index contributed by atoms with van der Waals surface area (Å²) in [5, 5.41) is 12.7. The molecule has 1 heterocycles. The maximum atomic E-state index is 2.47. The second-order valence-corrected chi connectivity index (χ2v) is 17.2. The Bertz CT molecular complexity index is 3920. The number of rotatable bonds is 7. The Morgan fingerprint density at radius 3 is 1.35 bits per heavy atom. The quantitative estimate of drug-likeness (QED) is 0.145. The van der Waals surface area contributed by atoms with E-state index in [0.717, 1.165) is 28.3 Å². The van der Waals surface area contributed by atoms with E-state index in [9.17, 15) is 0 Å². The van der Waals surface area contributed by atoms with Gasteiger partial charge in [-0.25, -0.2) is 0 Å². The topological polar surface area (TPSA) is 8.17 Å². The van der Waals surface area contributed by atoms with E-state index in [4.69, 9.17) is 0 Å². The second-order valence-electron chi connectivity index (χ2n) is 17.2. The van der Waals surface area contributed by atoms with Crippen molar-refractivity contribution >= 4 is 82.0 Å².